The van der Waals surface area contributed by atoms with Crippen LogP contribution in [0.3, 0.4) is 0 Å². The molecule has 2 heterocycles. The molecule has 8 heteroatoms. The van der Waals surface area contributed by atoms with Gasteiger partial charge in [0.1, 0.15) is 6.10 Å². The topological polar surface area (TPSA) is 98.1 Å². The number of esters is 1. The van der Waals surface area contributed by atoms with E-state index in [2.05, 4.69) is 11.6 Å². The maximum Gasteiger partial charge on any atom is 0.303 e. The minimum atomic E-state index is -0.930. The van der Waals surface area contributed by atoms with Crippen LogP contribution in [0, 0.1) is 11.8 Å². The van der Waals surface area contributed by atoms with Crippen LogP contribution >= 0.6 is 0 Å². The molecular weight excluding hydrogens is 460 g/mol. The second-order valence-electron chi connectivity index (χ2n) is 10.8. The third-order valence-electron chi connectivity index (χ3n) is 8.86. The number of carboxylic acids is 1. The van der Waals surface area contributed by atoms with Gasteiger partial charge < -0.3 is 24.0 Å². The van der Waals surface area contributed by atoms with Gasteiger partial charge in [0.2, 0.25) is 0 Å². The molecule has 1 amide bonds. The van der Waals surface area contributed by atoms with Crippen molar-refractivity contribution >= 4 is 28.7 Å². The Kier molecular flexibility index (Phi) is 6.57. The number of aryl methyl sites for hydroxylation is 1. The highest BCUT2D eigenvalue weighted by molar-refractivity contribution is 6.00. The summed E-state index contributed by atoms with van der Waals surface area (Å²) in [6.45, 7) is 3.04. The average molecular weight is 497 g/mol. The zero-order valence-electron chi connectivity index (χ0n) is 21.4. The van der Waals surface area contributed by atoms with Crippen molar-refractivity contribution in [2.75, 3.05) is 20.3 Å². The fraction of sp³-hybridized carbons (Fsp3) is 0.607. The van der Waals surface area contributed by atoms with Crippen LogP contribution in [0.25, 0.3) is 10.9 Å². The van der Waals surface area contributed by atoms with Gasteiger partial charge in [-0.3, -0.25) is 14.4 Å². The quantitative estimate of drug-likeness (QED) is 0.587. The number of rotatable bonds is 7. The monoisotopic (exact) mass is 496 g/mol. The Hall–Kier alpha value is -2.87. The van der Waals surface area contributed by atoms with Gasteiger partial charge in [-0.05, 0) is 74.1 Å². The van der Waals surface area contributed by atoms with Gasteiger partial charge in [-0.1, -0.05) is 0 Å². The lowest BCUT2D eigenvalue weighted by molar-refractivity contribution is -0.143. The largest absolute Gasteiger partial charge is 0.481 e. The van der Waals surface area contributed by atoms with E-state index in [0.29, 0.717) is 23.8 Å². The Balaban J connectivity index is 1.42. The fourth-order valence-electron chi connectivity index (χ4n) is 6.65. The number of nitrogens with zero attached hydrogens (tertiary/aromatic N) is 2. The Morgan fingerprint density at radius 3 is 2.64 bits per heavy atom. The molecule has 2 aromatic rings. The zero-order valence-corrected chi connectivity index (χ0v) is 21.4. The molecule has 3 aliphatic rings. The highest BCUT2D eigenvalue weighted by atomic mass is 16.6. The minimum Gasteiger partial charge on any atom is -0.481 e. The van der Waals surface area contributed by atoms with Crippen LogP contribution in [-0.4, -0.2) is 64.3 Å². The molecule has 1 saturated heterocycles. The first-order chi connectivity index (χ1) is 17.2. The van der Waals surface area contributed by atoms with E-state index in [-0.39, 0.29) is 18.7 Å². The van der Waals surface area contributed by atoms with Crippen molar-refractivity contribution in [3.05, 3.63) is 35.0 Å². The Labute approximate surface area is 211 Å². The number of carbonyl (C=O) groups is 3. The molecule has 1 N–H and O–H groups in total. The number of carboxylic acid groups (broad SMARTS) is 1. The molecule has 5 rings (SSSR count). The van der Waals surface area contributed by atoms with Gasteiger partial charge in [-0.25, -0.2) is 0 Å². The molecule has 2 aliphatic carbocycles. The molecule has 1 unspecified atom stereocenters. The third kappa shape index (κ3) is 4.40. The van der Waals surface area contributed by atoms with Gasteiger partial charge in [-0.2, -0.15) is 0 Å². The van der Waals surface area contributed by atoms with E-state index in [4.69, 9.17) is 9.47 Å². The van der Waals surface area contributed by atoms with Crippen LogP contribution < -0.4 is 0 Å². The van der Waals surface area contributed by atoms with E-state index in [0.717, 1.165) is 49.8 Å². The van der Waals surface area contributed by atoms with E-state index < -0.39 is 23.6 Å². The number of amides is 1. The van der Waals surface area contributed by atoms with Crippen molar-refractivity contribution < 1.29 is 29.0 Å². The molecule has 8 nitrogen and oxygen atoms in total. The fourth-order valence-corrected chi connectivity index (χ4v) is 6.65. The van der Waals surface area contributed by atoms with Gasteiger partial charge in [0, 0.05) is 69.2 Å². The molecule has 0 radical (unpaired) electrons. The van der Waals surface area contributed by atoms with Crippen LogP contribution in [0.15, 0.2) is 18.2 Å². The Morgan fingerprint density at radius 1 is 1.19 bits per heavy atom. The van der Waals surface area contributed by atoms with Gasteiger partial charge in [0.25, 0.3) is 5.91 Å². The number of hydrogen-bond acceptors (Lipinski definition) is 5. The molecule has 194 valence electrons. The Morgan fingerprint density at radius 2 is 1.94 bits per heavy atom. The normalized spacial score (nSPS) is 25.9. The highest BCUT2D eigenvalue weighted by Crippen LogP contribution is 2.48. The summed E-state index contributed by atoms with van der Waals surface area (Å²) < 4.78 is 13.3. The predicted molar refractivity (Wildman–Crippen MR) is 134 cm³/mol. The van der Waals surface area contributed by atoms with Gasteiger partial charge in [-0.15, -0.1) is 0 Å². The molecule has 1 saturated carbocycles. The SMILES string of the molecule is CC(=O)O[C@H]1CC1(CCC(=O)O)N(C)C(=O)c1ccc2c(c1)c1c(n2C)CC[C@@H](C2CCOCC2)C1. The van der Waals surface area contributed by atoms with E-state index >= 15 is 0 Å². The lowest BCUT2D eigenvalue weighted by atomic mass is 9.75. The standard InChI is InChI=1S/C28H36N2O6/c1-17(31)36-25-16-28(25,11-8-26(32)33)30(3)27(34)20-5-7-24-22(15-20)21-14-19(4-6-23(21)29(24)2)18-9-12-35-13-10-18/h5,7,15,18-19,25H,4,6,8-14,16H2,1-3H3,(H,32,33)/t19-,25+,28?/m1/s1. The Bertz CT molecular complexity index is 1200. The molecular formula is C28H36N2O6. The number of fused-ring (bicyclic) bond motifs is 3. The van der Waals surface area contributed by atoms with Gasteiger partial charge in [0.05, 0.1) is 5.54 Å². The summed E-state index contributed by atoms with van der Waals surface area (Å²) in [5, 5.41) is 10.4. The number of aliphatic carboxylic acids is 1. The van der Waals surface area contributed by atoms with Crippen molar-refractivity contribution in [1.29, 1.82) is 0 Å². The molecule has 0 spiro atoms. The van der Waals surface area contributed by atoms with Crippen molar-refractivity contribution in [2.24, 2.45) is 18.9 Å². The summed E-state index contributed by atoms with van der Waals surface area (Å²) in [5.41, 5.74) is 3.66. The first-order valence-electron chi connectivity index (χ1n) is 13.1. The first kappa shape index (κ1) is 24.8. The molecule has 3 atom stereocenters. The molecule has 2 fully saturated rings. The van der Waals surface area contributed by atoms with Crippen LogP contribution in [0.1, 0.15) is 67.1 Å². The van der Waals surface area contributed by atoms with E-state index in [1.807, 2.05) is 18.2 Å². The van der Waals surface area contributed by atoms with Crippen molar-refractivity contribution in [3.8, 4) is 0 Å². The van der Waals surface area contributed by atoms with Crippen molar-refractivity contribution in [1.82, 2.24) is 9.47 Å². The third-order valence-corrected chi connectivity index (χ3v) is 8.86. The molecule has 1 aromatic carbocycles. The highest BCUT2D eigenvalue weighted by Gasteiger charge is 2.61. The van der Waals surface area contributed by atoms with Crippen molar-refractivity contribution in [3.63, 3.8) is 0 Å². The second-order valence-corrected chi connectivity index (χ2v) is 10.8. The summed E-state index contributed by atoms with van der Waals surface area (Å²) in [5.74, 6) is -0.189. The van der Waals surface area contributed by atoms with Crippen LogP contribution in [0.5, 0.6) is 0 Å². The predicted octanol–water partition coefficient (Wildman–Crippen LogP) is 3.72. The smallest absolute Gasteiger partial charge is 0.303 e. The number of carbonyl (C=O) groups excluding carboxylic acids is 2. The summed E-state index contributed by atoms with van der Waals surface area (Å²) in [4.78, 5) is 38.1. The number of benzene rings is 1. The maximum atomic E-state index is 13.7. The summed E-state index contributed by atoms with van der Waals surface area (Å²) in [6.07, 6.45) is 5.67. The first-order valence-corrected chi connectivity index (χ1v) is 13.1. The summed E-state index contributed by atoms with van der Waals surface area (Å²) in [7, 11) is 3.80. The number of likely N-dealkylation sites (N-methyl/N-ethyl adjacent to an activating group) is 1. The summed E-state index contributed by atoms with van der Waals surface area (Å²) >= 11 is 0. The number of hydrogen-bond donors (Lipinski definition) is 1. The zero-order chi connectivity index (χ0) is 25.6. The van der Waals surface area contributed by atoms with E-state index in [1.165, 1.54) is 24.6 Å². The van der Waals surface area contributed by atoms with E-state index in [1.54, 1.807) is 11.9 Å². The van der Waals surface area contributed by atoms with Crippen molar-refractivity contribution in [2.45, 2.75) is 69.9 Å². The molecule has 1 aromatic heterocycles. The number of aromatic nitrogens is 1. The summed E-state index contributed by atoms with van der Waals surface area (Å²) in [6, 6.07) is 5.89. The lowest BCUT2D eigenvalue weighted by Gasteiger charge is -2.33. The van der Waals surface area contributed by atoms with Crippen LogP contribution in [0.2, 0.25) is 0 Å². The maximum absolute atomic E-state index is 13.7. The second kappa shape index (κ2) is 9.54. The van der Waals surface area contributed by atoms with Crippen LogP contribution in [-0.2, 0) is 39.0 Å². The molecule has 1 aliphatic heterocycles. The average Bonchev–Trinajstić information content (AvgIpc) is 3.50. The minimum absolute atomic E-state index is 0.0891. The van der Waals surface area contributed by atoms with E-state index in [9.17, 15) is 19.5 Å². The number of ether oxygens (including phenoxy) is 2. The lowest BCUT2D eigenvalue weighted by Crippen LogP contribution is -2.42. The molecule has 36 heavy (non-hydrogen) atoms. The van der Waals surface area contributed by atoms with Gasteiger partial charge in [0.15, 0.2) is 0 Å². The van der Waals surface area contributed by atoms with Crippen LogP contribution in [0.4, 0.5) is 0 Å². The van der Waals surface area contributed by atoms with Gasteiger partial charge >= 0.3 is 11.9 Å². The molecule has 0 bridgehead atoms.